The van der Waals surface area contributed by atoms with E-state index in [2.05, 4.69) is 35.1 Å². The SMILES string of the molecule is COCCCNC(C)C(C)CBr. The van der Waals surface area contributed by atoms with Crippen molar-refractivity contribution in [3.8, 4) is 0 Å². The van der Waals surface area contributed by atoms with E-state index in [-0.39, 0.29) is 0 Å². The molecule has 0 spiro atoms. The molecule has 0 aliphatic heterocycles. The van der Waals surface area contributed by atoms with Crippen molar-refractivity contribution in [1.29, 1.82) is 0 Å². The van der Waals surface area contributed by atoms with Gasteiger partial charge in [-0.2, -0.15) is 0 Å². The molecule has 0 saturated heterocycles. The van der Waals surface area contributed by atoms with Crippen LogP contribution in [0.1, 0.15) is 20.3 Å². The van der Waals surface area contributed by atoms with E-state index >= 15 is 0 Å². The number of ether oxygens (including phenoxy) is 1. The Labute approximate surface area is 84.2 Å². The second kappa shape index (κ2) is 8.02. The quantitative estimate of drug-likeness (QED) is 0.541. The van der Waals surface area contributed by atoms with Crippen molar-refractivity contribution in [2.75, 3.05) is 25.6 Å². The van der Waals surface area contributed by atoms with Crippen LogP contribution in [0.4, 0.5) is 0 Å². The van der Waals surface area contributed by atoms with E-state index in [0.29, 0.717) is 12.0 Å². The molecule has 0 saturated carbocycles. The van der Waals surface area contributed by atoms with Crippen LogP contribution in [0.3, 0.4) is 0 Å². The summed E-state index contributed by atoms with van der Waals surface area (Å²) in [5.41, 5.74) is 0. The van der Waals surface area contributed by atoms with Crippen molar-refractivity contribution in [3.63, 3.8) is 0 Å². The highest BCUT2D eigenvalue weighted by Crippen LogP contribution is 2.05. The number of halogens is 1. The molecule has 0 aliphatic carbocycles. The molecule has 0 heterocycles. The molecular weight excluding hydrogens is 218 g/mol. The molecule has 0 rings (SSSR count). The number of hydrogen-bond donors (Lipinski definition) is 1. The summed E-state index contributed by atoms with van der Waals surface area (Å²) in [6.07, 6.45) is 1.09. The highest BCUT2D eigenvalue weighted by Gasteiger charge is 2.08. The molecule has 3 heteroatoms. The summed E-state index contributed by atoms with van der Waals surface area (Å²) in [7, 11) is 1.74. The van der Waals surface area contributed by atoms with E-state index in [9.17, 15) is 0 Å². The van der Waals surface area contributed by atoms with Gasteiger partial charge >= 0.3 is 0 Å². The molecule has 0 aromatic rings. The van der Waals surface area contributed by atoms with Crippen molar-refractivity contribution in [1.82, 2.24) is 5.32 Å². The summed E-state index contributed by atoms with van der Waals surface area (Å²) in [6.45, 7) is 6.36. The van der Waals surface area contributed by atoms with Crippen LogP contribution in [0, 0.1) is 5.92 Å². The number of alkyl halides is 1. The number of nitrogens with one attached hydrogen (secondary N) is 1. The van der Waals surface area contributed by atoms with Crippen molar-refractivity contribution in [3.05, 3.63) is 0 Å². The Kier molecular flexibility index (Phi) is 8.29. The monoisotopic (exact) mass is 237 g/mol. The minimum atomic E-state index is 0.584. The molecule has 74 valence electrons. The lowest BCUT2D eigenvalue weighted by Crippen LogP contribution is -2.33. The lowest BCUT2D eigenvalue weighted by Gasteiger charge is -2.18. The Morgan fingerprint density at radius 2 is 2.08 bits per heavy atom. The zero-order valence-corrected chi connectivity index (χ0v) is 9.86. The second-order valence-corrected chi connectivity index (χ2v) is 3.87. The van der Waals surface area contributed by atoms with Crippen LogP contribution in [-0.2, 0) is 4.74 Å². The Bertz CT molecular complexity index is 101. The first-order valence-electron chi connectivity index (χ1n) is 4.50. The fraction of sp³-hybridized carbons (Fsp3) is 1.00. The summed E-state index contributed by atoms with van der Waals surface area (Å²) < 4.78 is 4.96. The maximum Gasteiger partial charge on any atom is 0.0474 e. The molecule has 0 aromatic heterocycles. The maximum atomic E-state index is 4.96. The second-order valence-electron chi connectivity index (χ2n) is 3.22. The molecule has 2 atom stereocenters. The Morgan fingerprint density at radius 1 is 1.42 bits per heavy atom. The van der Waals surface area contributed by atoms with Gasteiger partial charge in [-0.1, -0.05) is 22.9 Å². The summed E-state index contributed by atoms with van der Waals surface area (Å²) in [4.78, 5) is 0. The fourth-order valence-electron chi connectivity index (χ4n) is 0.881. The molecule has 0 fully saturated rings. The molecule has 2 unspecified atom stereocenters. The predicted octanol–water partition coefficient (Wildman–Crippen LogP) is 2.03. The number of methoxy groups -OCH3 is 1. The van der Waals surface area contributed by atoms with Crippen LogP contribution < -0.4 is 5.32 Å². The average Bonchev–Trinajstić information content (AvgIpc) is 2.10. The van der Waals surface area contributed by atoms with Gasteiger partial charge in [-0.05, 0) is 25.8 Å². The standard InChI is InChI=1S/C9H20BrNO/c1-8(7-10)9(2)11-5-4-6-12-3/h8-9,11H,4-7H2,1-3H3. The molecule has 1 N–H and O–H groups in total. The molecule has 0 bridgehead atoms. The van der Waals surface area contributed by atoms with Crippen molar-refractivity contribution in [2.24, 2.45) is 5.92 Å². The van der Waals surface area contributed by atoms with E-state index in [4.69, 9.17) is 4.74 Å². The average molecular weight is 238 g/mol. The van der Waals surface area contributed by atoms with Gasteiger partial charge in [-0.15, -0.1) is 0 Å². The summed E-state index contributed by atoms with van der Waals surface area (Å²) in [5.74, 6) is 0.688. The molecule has 0 amide bonds. The molecule has 0 aromatic carbocycles. The minimum Gasteiger partial charge on any atom is -0.385 e. The smallest absolute Gasteiger partial charge is 0.0474 e. The molecule has 0 radical (unpaired) electrons. The predicted molar refractivity (Wildman–Crippen MR) is 56.9 cm³/mol. The van der Waals surface area contributed by atoms with Gasteiger partial charge in [-0.3, -0.25) is 0 Å². The van der Waals surface area contributed by atoms with Gasteiger partial charge in [0.05, 0.1) is 0 Å². The first-order valence-corrected chi connectivity index (χ1v) is 5.62. The van der Waals surface area contributed by atoms with E-state index in [0.717, 1.165) is 24.9 Å². The van der Waals surface area contributed by atoms with Crippen LogP contribution in [0.15, 0.2) is 0 Å². The number of rotatable bonds is 7. The van der Waals surface area contributed by atoms with Gasteiger partial charge < -0.3 is 10.1 Å². The molecule has 12 heavy (non-hydrogen) atoms. The van der Waals surface area contributed by atoms with Crippen molar-refractivity contribution >= 4 is 15.9 Å². The van der Waals surface area contributed by atoms with E-state index in [1.54, 1.807) is 7.11 Å². The topological polar surface area (TPSA) is 21.3 Å². The van der Waals surface area contributed by atoms with Crippen LogP contribution in [0.5, 0.6) is 0 Å². The highest BCUT2D eigenvalue weighted by atomic mass is 79.9. The zero-order valence-electron chi connectivity index (χ0n) is 8.27. The van der Waals surface area contributed by atoms with Crippen LogP contribution in [-0.4, -0.2) is 31.6 Å². The van der Waals surface area contributed by atoms with Gasteiger partial charge in [0, 0.05) is 25.1 Å². The Hall–Kier alpha value is 0.400. The van der Waals surface area contributed by atoms with Crippen LogP contribution in [0.2, 0.25) is 0 Å². The van der Waals surface area contributed by atoms with Gasteiger partial charge in [0.15, 0.2) is 0 Å². The van der Waals surface area contributed by atoms with E-state index < -0.39 is 0 Å². The lowest BCUT2D eigenvalue weighted by molar-refractivity contribution is 0.192. The number of hydrogen-bond acceptors (Lipinski definition) is 2. The Balaban J connectivity index is 3.24. The largest absolute Gasteiger partial charge is 0.385 e. The molecule has 2 nitrogen and oxygen atoms in total. The fourth-order valence-corrected chi connectivity index (χ4v) is 1.44. The first-order chi connectivity index (χ1) is 5.72. The first kappa shape index (κ1) is 12.4. The van der Waals surface area contributed by atoms with Gasteiger partial charge in [0.25, 0.3) is 0 Å². The maximum absolute atomic E-state index is 4.96. The van der Waals surface area contributed by atoms with Crippen molar-refractivity contribution < 1.29 is 4.74 Å². The summed E-state index contributed by atoms with van der Waals surface area (Å²) in [5, 5.41) is 4.52. The van der Waals surface area contributed by atoms with Crippen LogP contribution in [0.25, 0.3) is 0 Å². The summed E-state index contributed by atoms with van der Waals surface area (Å²) in [6, 6.07) is 0.584. The highest BCUT2D eigenvalue weighted by molar-refractivity contribution is 9.09. The van der Waals surface area contributed by atoms with Gasteiger partial charge in [-0.25, -0.2) is 0 Å². The van der Waals surface area contributed by atoms with Crippen LogP contribution >= 0.6 is 15.9 Å². The zero-order chi connectivity index (χ0) is 9.40. The van der Waals surface area contributed by atoms with E-state index in [1.807, 2.05) is 0 Å². The van der Waals surface area contributed by atoms with E-state index in [1.165, 1.54) is 0 Å². The Morgan fingerprint density at radius 3 is 2.58 bits per heavy atom. The molecular formula is C9H20BrNO. The third-order valence-corrected chi connectivity index (χ3v) is 3.11. The third-order valence-electron chi connectivity index (χ3n) is 2.09. The molecule has 0 aliphatic rings. The normalized spacial score (nSPS) is 16.0. The third kappa shape index (κ3) is 5.98. The lowest BCUT2D eigenvalue weighted by atomic mass is 10.1. The minimum absolute atomic E-state index is 0.584. The summed E-state index contributed by atoms with van der Waals surface area (Å²) >= 11 is 3.47. The van der Waals surface area contributed by atoms with Crippen molar-refractivity contribution in [2.45, 2.75) is 26.3 Å². The van der Waals surface area contributed by atoms with Gasteiger partial charge in [0.1, 0.15) is 0 Å². The van der Waals surface area contributed by atoms with Gasteiger partial charge in [0.2, 0.25) is 0 Å².